The molecule has 0 aliphatic rings. The molecule has 7 heteroatoms. The van der Waals surface area contributed by atoms with Crippen molar-refractivity contribution >= 4 is 11.9 Å². The molecular formula is C12H8N4O3. The van der Waals surface area contributed by atoms with Crippen molar-refractivity contribution in [1.82, 2.24) is 9.78 Å². The molecule has 0 spiro atoms. The molecule has 0 aliphatic heterocycles. The van der Waals surface area contributed by atoms with Crippen molar-refractivity contribution in [1.29, 1.82) is 5.26 Å². The summed E-state index contributed by atoms with van der Waals surface area (Å²) in [5, 5.41) is 21.8. The highest BCUT2D eigenvalue weighted by Gasteiger charge is 2.12. The number of carbonyl (C=O) groups is 2. The van der Waals surface area contributed by atoms with Gasteiger partial charge in [0, 0.05) is 6.20 Å². The summed E-state index contributed by atoms with van der Waals surface area (Å²) in [4.78, 5) is 21.8. The van der Waals surface area contributed by atoms with Crippen molar-refractivity contribution in [2.75, 3.05) is 0 Å². The van der Waals surface area contributed by atoms with Crippen LogP contribution in [0.15, 0.2) is 30.6 Å². The zero-order valence-corrected chi connectivity index (χ0v) is 9.57. The van der Waals surface area contributed by atoms with Gasteiger partial charge in [-0.2, -0.15) is 10.4 Å². The summed E-state index contributed by atoms with van der Waals surface area (Å²) in [6, 6.07) is 5.92. The molecule has 0 aliphatic carbocycles. The number of primary amides is 1. The zero-order valence-electron chi connectivity index (χ0n) is 9.57. The number of aromatic nitrogens is 2. The van der Waals surface area contributed by atoms with Crippen LogP contribution in [-0.2, 0) is 0 Å². The Kier molecular flexibility index (Phi) is 3.00. The molecule has 0 fully saturated rings. The van der Waals surface area contributed by atoms with Gasteiger partial charge < -0.3 is 10.8 Å². The van der Waals surface area contributed by atoms with Gasteiger partial charge in [-0.25, -0.2) is 9.48 Å². The molecule has 1 aromatic carbocycles. The lowest BCUT2D eigenvalue weighted by Gasteiger charge is -2.04. The van der Waals surface area contributed by atoms with Crippen LogP contribution in [0.3, 0.4) is 0 Å². The van der Waals surface area contributed by atoms with Crippen molar-refractivity contribution in [2.24, 2.45) is 5.73 Å². The Morgan fingerprint density at radius 2 is 2.11 bits per heavy atom. The van der Waals surface area contributed by atoms with Crippen LogP contribution >= 0.6 is 0 Å². The quantitative estimate of drug-likeness (QED) is 0.829. The normalized spacial score (nSPS) is 9.84. The van der Waals surface area contributed by atoms with Crippen LogP contribution in [0.2, 0.25) is 0 Å². The van der Waals surface area contributed by atoms with E-state index in [1.807, 2.05) is 6.07 Å². The van der Waals surface area contributed by atoms with Gasteiger partial charge in [-0.05, 0) is 18.2 Å². The number of hydrogen-bond donors (Lipinski definition) is 2. The highest BCUT2D eigenvalue weighted by Crippen LogP contribution is 2.16. The number of hydrogen-bond acceptors (Lipinski definition) is 4. The molecule has 0 unspecified atom stereocenters. The number of carboxylic acid groups (broad SMARTS) is 1. The SMILES string of the molecule is N#Cc1cc(C(=O)O)ccc1-n1cc(C(N)=O)cn1. The third-order valence-corrected chi connectivity index (χ3v) is 2.48. The maximum Gasteiger partial charge on any atom is 0.335 e. The van der Waals surface area contributed by atoms with E-state index in [-0.39, 0.29) is 16.7 Å². The summed E-state index contributed by atoms with van der Waals surface area (Å²) < 4.78 is 1.30. The van der Waals surface area contributed by atoms with Gasteiger partial charge in [0.25, 0.3) is 5.91 Å². The van der Waals surface area contributed by atoms with Crippen LogP contribution in [0, 0.1) is 11.3 Å². The molecule has 0 atom stereocenters. The van der Waals surface area contributed by atoms with E-state index in [1.165, 1.54) is 35.3 Å². The molecule has 1 heterocycles. The second kappa shape index (κ2) is 4.62. The number of nitrogens with two attached hydrogens (primary N) is 1. The molecule has 7 nitrogen and oxygen atoms in total. The summed E-state index contributed by atoms with van der Waals surface area (Å²) in [6.45, 7) is 0. The Hall–Kier alpha value is -3.14. The van der Waals surface area contributed by atoms with Gasteiger partial charge in [0.2, 0.25) is 0 Å². The molecule has 0 saturated carbocycles. The van der Waals surface area contributed by atoms with E-state index in [0.29, 0.717) is 5.69 Å². The lowest BCUT2D eigenvalue weighted by atomic mass is 10.1. The van der Waals surface area contributed by atoms with Crippen molar-refractivity contribution in [2.45, 2.75) is 0 Å². The van der Waals surface area contributed by atoms with E-state index < -0.39 is 11.9 Å². The first-order valence-corrected chi connectivity index (χ1v) is 5.15. The number of rotatable bonds is 3. The van der Waals surface area contributed by atoms with Gasteiger partial charge in [-0.15, -0.1) is 0 Å². The van der Waals surface area contributed by atoms with Gasteiger partial charge in [0.1, 0.15) is 6.07 Å². The van der Waals surface area contributed by atoms with Gasteiger partial charge in [0.05, 0.1) is 28.6 Å². The monoisotopic (exact) mass is 256 g/mol. The number of amides is 1. The molecule has 0 saturated heterocycles. The Balaban J connectivity index is 2.53. The zero-order chi connectivity index (χ0) is 14.0. The summed E-state index contributed by atoms with van der Waals surface area (Å²) in [5.41, 5.74) is 5.82. The van der Waals surface area contributed by atoms with E-state index in [0.717, 1.165) is 0 Å². The van der Waals surface area contributed by atoms with Crippen LogP contribution in [0.4, 0.5) is 0 Å². The van der Waals surface area contributed by atoms with Gasteiger partial charge in [0.15, 0.2) is 0 Å². The number of carboxylic acids is 1. The Labute approximate surface area is 107 Å². The molecule has 2 rings (SSSR count). The fraction of sp³-hybridized carbons (Fsp3) is 0. The topological polar surface area (TPSA) is 122 Å². The fourth-order valence-corrected chi connectivity index (χ4v) is 1.54. The molecule has 19 heavy (non-hydrogen) atoms. The molecule has 0 radical (unpaired) electrons. The molecule has 3 N–H and O–H groups in total. The first-order chi connectivity index (χ1) is 9.02. The van der Waals surface area contributed by atoms with Crippen LogP contribution in [-0.4, -0.2) is 26.8 Å². The van der Waals surface area contributed by atoms with Crippen molar-refractivity contribution in [3.63, 3.8) is 0 Å². The standard InChI is InChI=1S/C12H8N4O3/c13-4-8-3-7(12(18)19)1-2-10(8)16-6-9(5-15-16)11(14)17/h1-3,5-6H,(H2,14,17)(H,18,19). The minimum Gasteiger partial charge on any atom is -0.478 e. The third-order valence-electron chi connectivity index (χ3n) is 2.48. The molecule has 2 aromatic rings. The predicted octanol–water partition coefficient (Wildman–Crippen LogP) is 0.541. The molecule has 0 bridgehead atoms. The van der Waals surface area contributed by atoms with Crippen molar-refractivity contribution in [3.05, 3.63) is 47.3 Å². The third kappa shape index (κ3) is 2.28. The lowest BCUT2D eigenvalue weighted by Crippen LogP contribution is -2.09. The average molecular weight is 256 g/mol. The van der Waals surface area contributed by atoms with Crippen LogP contribution in [0.5, 0.6) is 0 Å². The summed E-state index contributed by atoms with van der Waals surface area (Å²) in [7, 11) is 0. The number of nitriles is 1. The maximum absolute atomic E-state index is 11.0. The highest BCUT2D eigenvalue weighted by molar-refractivity contribution is 5.92. The summed E-state index contributed by atoms with van der Waals surface area (Å²) >= 11 is 0. The summed E-state index contributed by atoms with van der Waals surface area (Å²) in [5.74, 6) is -1.76. The molecule has 94 valence electrons. The van der Waals surface area contributed by atoms with E-state index in [1.54, 1.807) is 0 Å². The maximum atomic E-state index is 11.0. The second-order valence-electron chi connectivity index (χ2n) is 3.69. The Morgan fingerprint density at radius 3 is 2.63 bits per heavy atom. The predicted molar refractivity (Wildman–Crippen MR) is 63.8 cm³/mol. The number of carbonyl (C=O) groups excluding carboxylic acids is 1. The van der Waals surface area contributed by atoms with E-state index in [2.05, 4.69) is 5.10 Å². The van der Waals surface area contributed by atoms with E-state index in [9.17, 15) is 9.59 Å². The smallest absolute Gasteiger partial charge is 0.335 e. The molecular weight excluding hydrogens is 248 g/mol. The number of nitrogens with zero attached hydrogens (tertiary/aromatic N) is 3. The molecule has 1 amide bonds. The van der Waals surface area contributed by atoms with Gasteiger partial charge in [-0.1, -0.05) is 0 Å². The first kappa shape index (κ1) is 12.3. The lowest BCUT2D eigenvalue weighted by molar-refractivity contribution is 0.0696. The highest BCUT2D eigenvalue weighted by atomic mass is 16.4. The summed E-state index contributed by atoms with van der Waals surface area (Å²) in [6.07, 6.45) is 2.65. The second-order valence-corrected chi connectivity index (χ2v) is 3.69. The van der Waals surface area contributed by atoms with Crippen LogP contribution in [0.1, 0.15) is 26.3 Å². The van der Waals surface area contributed by atoms with Crippen molar-refractivity contribution in [3.8, 4) is 11.8 Å². The van der Waals surface area contributed by atoms with Crippen LogP contribution < -0.4 is 5.73 Å². The molecule has 1 aromatic heterocycles. The first-order valence-electron chi connectivity index (χ1n) is 5.15. The fourth-order valence-electron chi connectivity index (χ4n) is 1.54. The van der Waals surface area contributed by atoms with E-state index in [4.69, 9.17) is 16.1 Å². The average Bonchev–Trinajstić information content (AvgIpc) is 2.87. The Morgan fingerprint density at radius 1 is 1.37 bits per heavy atom. The van der Waals surface area contributed by atoms with Crippen molar-refractivity contribution < 1.29 is 14.7 Å². The Bertz CT molecular complexity index is 712. The number of benzene rings is 1. The largest absolute Gasteiger partial charge is 0.478 e. The minimum atomic E-state index is -1.12. The minimum absolute atomic E-state index is 0.00239. The van der Waals surface area contributed by atoms with Gasteiger partial charge in [-0.3, -0.25) is 4.79 Å². The number of aromatic carboxylic acids is 1. The van der Waals surface area contributed by atoms with E-state index >= 15 is 0 Å². The van der Waals surface area contributed by atoms with Crippen LogP contribution in [0.25, 0.3) is 5.69 Å². The van der Waals surface area contributed by atoms with Gasteiger partial charge >= 0.3 is 5.97 Å².